The van der Waals surface area contributed by atoms with E-state index in [-0.39, 0.29) is 89.0 Å². The quantitative estimate of drug-likeness (QED) is 0.0316. The molecule has 40 heteroatoms. The van der Waals surface area contributed by atoms with Crippen LogP contribution in [0.3, 0.4) is 0 Å². The number of aliphatic carboxylic acids is 2. The zero-order chi connectivity index (χ0) is 87.2. The van der Waals surface area contributed by atoms with Crippen molar-refractivity contribution in [2.45, 2.75) is 329 Å². The van der Waals surface area contributed by atoms with Gasteiger partial charge in [-0.25, -0.2) is 19.0 Å². The molecule has 0 spiro atoms. The van der Waals surface area contributed by atoms with Crippen molar-refractivity contribution in [3.63, 3.8) is 0 Å². The molecule has 698 valence electrons. The number of aliphatic hydroxyl groups is 10. The molecule has 4 heterocycles. The van der Waals surface area contributed by atoms with Gasteiger partial charge in [-0.2, -0.15) is 0 Å². The molecular formula is C82H136N6O34. The van der Waals surface area contributed by atoms with E-state index < -0.39 is 209 Å². The molecule has 8 aliphatic rings. The Labute approximate surface area is 711 Å². The summed E-state index contributed by atoms with van der Waals surface area (Å²) in [4.78, 5) is 53.6. The molecule has 0 aromatic carbocycles. The van der Waals surface area contributed by atoms with E-state index >= 15 is 0 Å². The monoisotopic (exact) mass is 1750 g/mol. The Morgan fingerprint density at radius 1 is 0.385 bits per heavy atom. The van der Waals surface area contributed by atoms with Crippen molar-refractivity contribution < 1.29 is 166 Å². The third-order valence-electron chi connectivity index (χ3n) is 24.7. The first-order valence-corrected chi connectivity index (χ1v) is 44.0. The topological polar surface area (TPSA) is 539 Å². The third kappa shape index (κ3) is 29.8. The fourth-order valence-corrected chi connectivity index (χ4v) is 17.8. The van der Waals surface area contributed by atoms with Gasteiger partial charge in [0.2, 0.25) is 0 Å². The Balaban J connectivity index is 0.565. The van der Waals surface area contributed by atoms with Gasteiger partial charge in [0.15, 0.2) is 37.0 Å². The van der Waals surface area contributed by atoms with E-state index in [0.29, 0.717) is 103 Å². The van der Waals surface area contributed by atoms with Gasteiger partial charge in [0, 0.05) is 0 Å². The number of carbonyl (C=O) groups excluding carboxylic acids is 2. The molecule has 6 aliphatic carbocycles. The standard InChI is InChI=1S/C82H136N6O34/c1-47-13-11-19-55(73(47)113-57-35-49(3)65(93)71(99)67(57)95)117-81-77(75(69(97)61(43-89)119-81)115-59(79(101)102)37-51-15-7-5-8-16-51)121-63(91)41-87-39-53(83-85-87)45-111-33-31-109-29-27-107-25-23-105-21-22-106-24-26-108-28-30-110-32-34-112-46-54-40-88(86-84-54)42-64(92)122-78-76(116-60(80(103)104)38-52-17-9-6-10-18-52)70(98)62(44-90)120-82(78)118-56-20-12-14-48(2)74(56)114-58-36-50(4)66(94)72(100)68(58)96/h39-40,47-52,55-62,65-78,81-82,89-90,93-100H,5-38,41-46H2,1-4H3,(H,101,102)(H,103,104)/t47?,48?,49?,50?,55-,56-,57-,58-,59+,60+,61+,62+,65-,66-,67?,68?,69+,70+,71+,72+,73-,74-,75?,76?,77?,78?,81-,82-/m1/s1. The normalized spacial score (nSPS) is 34.4. The van der Waals surface area contributed by atoms with Gasteiger partial charge >= 0.3 is 23.9 Å². The second-order valence-electron chi connectivity index (χ2n) is 34.1. The largest absolute Gasteiger partial charge is 0.479 e. The van der Waals surface area contributed by atoms with Crippen molar-refractivity contribution in [1.29, 1.82) is 0 Å². The highest BCUT2D eigenvalue weighted by molar-refractivity contribution is 5.73. The maximum atomic E-state index is 14.0. The number of carboxylic acid groups (broad SMARTS) is 2. The second kappa shape index (κ2) is 51.3. The van der Waals surface area contributed by atoms with Gasteiger partial charge in [-0.1, -0.05) is 115 Å². The molecule has 0 amide bonds. The number of carbonyl (C=O) groups is 4. The summed E-state index contributed by atoms with van der Waals surface area (Å²) in [5.41, 5.74) is 0.771. The highest BCUT2D eigenvalue weighted by Gasteiger charge is 2.56. The summed E-state index contributed by atoms with van der Waals surface area (Å²) < 4.78 is 111. The molecule has 0 bridgehead atoms. The number of ether oxygens (including phenoxy) is 18. The van der Waals surface area contributed by atoms with E-state index in [1.165, 1.54) is 21.8 Å². The fraction of sp³-hybridized carbons (Fsp3) is 0.902. The molecule has 40 nitrogen and oxygen atoms in total. The van der Waals surface area contributed by atoms with Crippen LogP contribution in [0, 0.1) is 35.5 Å². The van der Waals surface area contributed by atoms with Gasteiger partial charge in [-0.15, -0.1) is 10.2 Å². The lowest BCUT2D eigenvalue weighted by atomic mass is 9.80. The number of esters is 2. The Hall–Kier alpha value is -4.88. The van der Waals surface area contributed by atoms with Gasteiger partial charge in [0.05, 0.1) is 180 Å². The van der Waals surface area contributed by atoms with Gasteiger partial charge < -0.3 is 147 Å². The molecule has 10 unspecified atom stereocenters. The van der Waals surface area contributed by atoms with Crippen LogP contribution in [0.1, 0.15) is 167 Å². The second-order valence-corrected chi connectivity index (χ2v) is 34.1. The molecule has 2 aromatic heterocycles. The Kier molecular flexibility index (Phi) is 41.8. The van der Waals surface area contributed by atoms with Crippen LogP contribution in [-0.4, -0.2) is 368 Å². The van der Waals surface area contributed by atoms with Crippen molar-refractivity contribution in [1.82, 2.24) is 30.0 Å². The van der Waals surface area contributed by atoms with Crippen LogP contribution in [0.4, 0.5) is 0 Å². The highest BCUT2D eigenvalue weighted by atomic mass is 16.7. The number of aliphatic hydroxyl groups excluding tert-OH is 10. The van der Waals surface area contributed by atoms with Crippen LogP contribution in [0.2, 0.25) is 0 Å². The van der Waals surface area contributed by atoms with E-state index in [1.54, 1.807) is 13.8 Å². The minimum Gasteiger partial charge on any atom is -0.479 e. The van der Waals surface area contributed by atoms with Gasteiger partial charge in [-0.3, -0.25) is 9.59 Å². The van der Waals surface area contributed by atoms with Crippen molar-refractivity contribution in [2.24, 2.45) is 35.5 Å². The predicted molar refractivity (Wildman–Crippen MR) is 419 cm³/mol. The first-order valence-electron chi connectivity index (χ1n) is 44.0. The van der Waals surface area contributed by atoms with Crippen molar-refractivity contribution >= 4 is 23.9 Å². The van der Waals surface area contributed by atoms with Crippen molar-refractivity contribution in [2.75, 3.05) is 106 Å². The molecule has 8 fully saturated rings. The van der Waals surface area contributed by atoms with E-state index in [0.717, 1.165) is 77.0 Å². The highest BCUT2D eigenvalue weighted by Crippen LogP contribution is 2.42. The number of aromatic nitrogens is 6. The first-order chi connectivity index (χ1) is 58.9. The number of hydrogen-bond donors (Lipinski definition) is 12. The average molecular weight is 1750 g/mol. The van der Waals surface area contributed by atoms with Crippen LogP contribution in [0.5, 0.6) is 0 Å². The lowest BCUT2D eigenvalue weighted by Crippen LogP contribution is -2.63. The maximum Gasteiger partial charge on any atom is 0.332 e. The smallest absolute Gasteiger partial charge is 0.332 e. The number of hydrogen-bond acceptors (Lipinski definition) is 36. The third-order valence-corrected chi connectivity index (χ3v) is 24.7. The summed E-state index contributed by atoms with van der Waals surface area (Å²) >= 11 is 0. The summed E-state index contributed by atoms with van der Waals surface area (Å²) in [6.45, 7) is 9.22. The van der Waals surface area contributed by atoms with Gasteiger partial charge in [0.1, 0.15) is 85.5 Å². The van der Waals surface area contributed by atoms with Gasteiger partial charge in [0.25, 0.3) is 0 Å². The van der Waals surface area contributed by atoms with Crippen LogP contribution in [0.25, 0.3) is 0 Å². The zero-order valence-electron chi connectivity index (χ0n) is 70.8. The predicted octanol–water partition coefficient (Wildman–Crippen LogP) is 0.463. The molecule has 122 heavy (non-hydrogen) atoms. The summed E-state index contributed by atoms with van der Waals surface area (Å²) in [6.07, 6.45) is -14.3. The fourth-order valence-electron chi connectivity index (χ4n) is 17.8. The lowest BCUT2D eigenvalue weighted by molar-refractivity contribution is -0.335. The van der Waals surface area contributed by atoms with E-state index in [4.69, 9.17) is 85.3 Å². The minimum atomic E-state index is -1.67. The summed E-state index contributed by atoms with van der Waals surface area (Å²) in [7, 11) is 0. The van der Waals surface area contributed by atoms with E-state index in [9.17, 15) is 80.5 Å². The Morgan fingerprint density at radius 3 is 1.05 bits per heavy atom. The number of rotatable bonds is 51. The van der Waals surface area contributed by atoms with Crippen LogP contribution < -0.4 is 0 Å². The maximum absolute atomic E-state index is 14.0. The molecule has 0 radical (unpaired) electrons. The lowest BCUT2D eigenvalue weighted by Gasteiger charge is -2.47. The van der Waals surface area contributed by atoms with Crippen LogP contribution in [-0.2, 0) is 131 Å². The van der Waals surface area contributed by atoms with E-state index in [2.05, 4.69) is 20.6 Å². The van der Waals surface area contributed by atoms with Gasteiger partial charge in [-0.05, 0) is 86.9 Å². The molecule has 10 rings (SSSR count). The Bertz CT molecular complexity index is 3110. The first kappa shape index (κ1) is 99.3. The average Bonchev–Trinajstić information content (AvgIpc) is 0.843. The minimum absolute atomic E-state index is 0.0277. The van der Waals surface area contributed by atoms with Crippen molar-refractivity contribution in [3.05, 3.63) is 23.8 Å². The molecule has 2 aromatic rings. The molecule has 6 saturated carbocycles. The summed E-state index contributed by atoms with van der Waals surface area (Å²) in [5.74, 6) is -5.29. The summed E-state index contributed by atoms with van der Waals surface area (Å²) in [6, 6.07) is 0. The zero-order valence-corrected chi connectivity index (χ0v) is 70.8. The molecule has 2 saturated heterocycles. The molecule has 2 aliphatic heterocycles. The Morgan fingerprint density at radius 2 is 0.721 bits per heavy atom. The molecular weight excluding hydrogens is 1610 g/mol. The molecule has 28 atom stereocenters. The summed E-state index contributed by atoms with van der Waals surface area (Å²) in [5, 5.41) is 146. The number of carboxylic acids is 2. The SMILES string of the molecule is CC1C[C@@H](O[C@@H]2C(C)CCC[C@H]2O[C@@H]2O[C@@H](CO)[C@H](O)C(O[C@@H](CC3CCCCC3)C(=O)O)C2OC(=O)Cn2cc(COCCOCCOCCOCCOCCOCCOCCOCc3cn(CC(=O)OC4C(O[C@@H](CC5CCCCC5)C(=O)O)[C@@H](O)[C@H](CO)O[C@H]4O[C@@H]4CCCC(C)[C@H]4O[C@@H]4CC(C)[C@@H](O)[C@H](O)C4O)nn3)nn2)C(O)[C@@H](O)[C@@H]1O. The van der Waals surface area contributed by atoms with Crippen LogP contribution in [0.15, 0.2) is 12.4 Å². The number of nitrogens with zero attached hydrogens (tertiary/aromatic N) is 6. The van der Waals surface area contributed by atoms with E-state index in [1.807, 2.05) is 13.8 Å². The molecule has 12 N–H and O–H groups in total. The van der Waals surface area contributed by atoms with Crippen LogP contribution >= 0.6 is 0 Å². The van der Waals surface area contributed by atoms with Crippen molar-refractivity contribution in [3.8, 4) is 0 Å².